The fourth-order valence-corrected chi connectivity index (χ4v) is 5.36. The van der Waals surface area contributed by atoms with Crippen molar-refractivity contribution in [1.82, 2.24) is 4.57 Å². The van der Waals surface area contributed by atoms with Gasteiger partial charge in [-0.15, -0.1) is 0 Å². The summed E-state index contributed by atoms with van der Waals surface area (Å²) in [5.74, 6) is 0. The van der Waals surface area contributed by atoms with Crippen molar-refractivity contribution in [3.8, 4) is 22.3 Å². The highest BCUT2D eigenvalue weighted by Crippen LogP contribution is 2.37. The van der Waals surface area contributed by atoms with Gasteiger partial charge in [0.05, 0.1) is 11.0 Å². The first kappa shape index (κ1) is 23.2. The average Bonchev–Trinajstić information content (AvgIpc) is 3.49. The molecule has 2 nitrogen and oxygen atoms in total. The summed E-state index contributed by atoms with van der Waals surface area (Å²) < 4.78 is 8.43. The van der Waals surface area contributed by atoms with E-state index in [9.17, 15) is 0 Å². The Morgan fingerprint density at radius 1 is 0.649 bits per heavy atom. The molecule has 0 aliphatic carbocycles. The lowest BCUT2D eigenvalue weighted by Gasteiger charge is -2.07. The lowest BCUT2D eigenvalue weighted by molar-refractivity contribution is 0.670. The summed E-state index contributed by atoms with van der Waals surface area (Å²) in [5, 5.41) is 4.82. The zero-order valence-corrected chi connectivity index (χ0v) is 21.8. The SMILES string of the molecule is C=Cn1c2ccc(C)cc2c2cc(-c3ccc(-c4cccc5c4oc4ccccc45)cc3)ccc21.CS. The van der Waals surface area contributed by atoms with Gasteiger partial charge in [-0.2, -0.15) is 12.6 Å². The molecule has 0 N–H and O–H groups in total. The third-order valence-corrected chi connectivity index (χ3v) is 7.07. The first-order valence-corrected chi connectivity index (χ1v) is 13.2. The average molecular weight is 498 g/mol. The minimum absolute atomic E-state index is 0.925. The summed E-state index contributed by atoms with van der Waals surface area (Å²) in [7, 11) is 0. The molecule has 0 fully saturated rings. The van der Waals surface area contributed by atoms with Crippen molar-refractivity contribution in [2.24, 2.45) is 0 Å². The molecule has 0 saturated heterocycles. The highest BCUT2D eigenvalue weighted by molar-refractivity contribution is 7.79. The molecule has 0 aliphatic heterocycles. The molecule has 0 radical (unpaired) electrons. The van der Waals surface area contributed by atoms with E-state index >= 15 is 0 Å². The van der Waals surface area contributed by atoms with Gasteiger partial charge in [-0.1, -0.05) is 84.9 Å². The van der Waals surface area contributed by atoms with Crippen LogP contribution in [0.1, 0.15) is 5.56 Å². The van der Waals surface area contributed by atoms with Crippen LogP contribution in [0.2, 0.25) is 0 Å². The Hall–Kier alpha value is -4.21. The minimum Gasteiger partial charge on any atom is -0.455 e. The number of benzene rings is 5. The number of hydrogen-bond donors (Lipinski definition) is 1. The number of fused-ring (bicyclic) bond motifs is 6. The Labute approximate surface area is 221 Å². The summed E-state index contributed by atoms with van der Waals surface area (Å²) in [5.41, 5.74) is 10.2. The van der Waals surface area contributed by atoms with Crippen molar-refractivity contribution >= 4 is 62.6 Å². The fourth-order valence-electron chi connectivity index (χ4n) is 5.36. The molecule has 0 spiro atoms. The van der Waals surface area contributed by atoms with Gasteiger partial charge in [-0.25, -0.2) is 0 Å². The van der Waals surface area contributed by atoms with Crippen molar-refractivity contribution in [3.05, 3.63) is 115 Å². The van der Waals surface area contributed by atoms with Crippen LogP contribution in [0.15, 0.2) is 114 Å². The molecule has 5 aromatic carbocycles. The predicted molar refractivity (Wildman–Crippen MR) is 164 cm³/mol. The van der Waals surface area contributed by atoms with E-state index in [4.69, 9.17) is 4.42 Å². The Balaban J connectivity index is 0.00000123. The summed E-state index contributed by atoms with van der Waals surface area (Å²) in [4.78, 5) is 0. The largest absolute Gasteiger partial charge is 0.455 e. The number of nitrogens with zero attached hydrogens (tertiary/aromatic N) is 1. The van der Waals surface area contributed by atoms with Crippen LogP contribution < -0.4 is 0 Å². The fraction of sp³-hybridized carbons (Fsp3) is 0.0588. The summed E-state index contributed by atoms with van der Waals surface area (Å²) in [6, 6.07) is 36.7. The quantitative estimate of drug-likeness (QED) is 0.241. The first-order valence-electron chi connectivity index (χ1n) is 12.3. The molecular weight excluding hydrogens is 470 g/mol. The van der Waals surface area contributed by atoms with E-state index in [1.54, 1.807) is 6.26 Å². The molecule has 37 heavy (non-hydrogen) atoms. The second-order valence-corrected chi connectivity index (χ2v) is 9.16. The van der Waals surface area contributed by atoms with Crippen LogP contribution in [0.5, 0.6) is 0 Å². The monoisotopic (exact) mass is 497 g/mol. The third-order valence-electron chi connectivity index (χ3n) is 7.07. The number of para-hydroxylation sites is 2. The number of rotatable bonds is 3. The summed E-state index contributed by atoms with van der Waals surface area (Å²) in [6.45, 7) is 6.18. The second kappa shape index (κ2) is 9.34. The zero-order chi connectivity index (χ0) is 25.5. The standard InChI is InChI=1S/C33H23NO.CH4S/c1-3-34-30-17-11-21(2)19-28(30)29-20-24(16-18-31(29)34)22-12-14-23(15-13-22)25-8-6-9-27-26-7-4-5-10-32(26)35-33(25)27;1-2/h3-20H,1H2,2H3;2H,1H3. The molecule has 0 unspecified atom stereocenters. The van der Waals surface area contributed by atoms with Gasteiger partial charge < -0.3 is 8.98 Å². The summed E-state index contributed by atoms with van der Waals surface area (Å²) in [6.07, 6.45) is 3.59. The van der Waals surface area contributed by atoms with Crippen molar-refractivity contribution in [2.45, 2.75) is 6.92 Å². The molecule has 0 amide bonds. The number of thiol groups is 1. The third kappa shape index (κ3) is 3.75. The van der Waals surface area contributed by atoms with E-state index in [1.165, 1.54) is 38.5 Å². The molecule has 0 aliphatic rings. The number of hydrogen-bond acceptors (Lipinski definition) is 2. The van der Waals surface area contributed by atoms with Crippen LogP contribution in [0.3, 0.4) is 0 Å². The molecular formula is C34H27NOS. The molecule has 2 aromatic heterocycles. The first-order chi connectivity index (χ1) is 18.2. The smallest absolute Gasteiger partial charge is 0.143 e. The highest BCUT2D eigenvalue weighted by Gasteiger charge is 2.13. The molecule has 0 bridgehead atoms. The van der Waals surface area contributed by atoms with E-state index in [1.807, 2.05) is 18.3 Å². The van der Waals surface area contributed by atoms with Crippen LogP contribution in [0.4, 0.5) is 0 Å². The van der Waals surface area contributed by atoms with Crippen LogP contribution in [-0.2, 0) is 0 Å². The zero-order valence-electron chi connectivity index (χ0n) is 20.9. The van der Waals surface area contributed by atoms with Gasteiger partial charge in [0.1, 0.15) is 11.2 Å². The van der Waals surface area contributed by atoms with Crippen LogP contribution >= 0.6 is 12.6 Å². The molecule has 7 aromatic rings. The molecule has 0 atom stereocenters. The van der Waals surface area contributed by atoms with Crippen LogP contribution in [0, 0.1) is 6.92 Å². The van der Waals surface area contributed by atoms with Crippen molar-refractivity contribution < 1.29 is 4.42 Å². The van der Waals surface area contributed by atoms with Gasteiger partial charge in [-0.05, 0) is 60.2 Å². The highest BCUT2D eigenvalue weighted by atomic mass is 32.1. The maximum absolute atomic E-state index is 6.25. The lowest BCUT2D eigenvalue weighted by Crippen LogP contribution is -1.85. The molecule has 0 saturated carbocycles. The number of aryl methyl sites for hydroxylation is 1. The van der Waals surface area contributed by atoms with Gasteiger partial charge in [0, 0.05) is 33.3 Å². The van der Waals surface area contributed by atoms with E-state index < -0.39 is 0 Å². The predicted octanol–water partition coefficient (Wildman–Crippen LogP) is 9.98. The van der Waals surface area contributed by atoms with E-state index in [2.05, 4.69) is 122 Å². The number of furan rings is 1. The van der Waals surface area contributed by atoms with Crippen LogP contribution in [0.25, 0.3) is 72.2 Å². The Morgan fingerprint density at radius 2 is 1.30 bits per heavy atom. The minimum atomic E-state index is 0.925. The van der Waals surface area contributed by atoms with Crippen molar-refractivity contribution in [3.63, 3.8) is 0 Å². The Kier molecular flexibility index (Phi) is 5.86. The Morgan fingerprint density at radius 3 is 2.08 bits per heavy atom. The van der Waals surface area contributed by atoms with Gasteiger partial charge in [0.15, 0.2) is 0 Å². The van der Waals surface area contributed by atoms with Gasteiger partial charge in [-0.3, -0.25) is 0 Å². The van der Waals surface area contributed by atoms with E-state index in [-0.39, 0.29) is 0 Å². The van der Waals surface area contributed by atoms with Gasteiger partial charge in [0.25, 0.3) is 0 Å². The van der Waals surface area contributed by atoms with Gasteiger partial charge in [0.2, 0.25) is 0 Å². The number of aromatic nitrogens is 1. The van der Waals surface area contributed by atoms with E-state index in [0.717, 1.165) is 33.1 Å². The Bertz CT molecular complexity index is 1920. The maximum atomic E-state index is 6.25. The van der Waals surface area contributed by atoms with Crippen molar-refractivity contribution in [2.75, 3.05) is 6.26 Å². The lowest BCUT2D eigenvalue weighted by atomic mass is 9.98. The molecule has 7 rings (SSSR count). The van der Waals surface area contributed by atoms with Crippen LogP contribution in [-0.4, -0.2) is 10.8 Å². The topological polar surface area (TPSA) is 18.1 Å². The molecule has 3 heteroatoms. The van der Waals surface area contributed by atoms with Crippen molar-refractivity contribution in [1.29, 1.82) is 0 Å². The normalized spacial score (nSPS) is 11.2. The molecule has 180 valence electrons. The summed E-state index contributed by atoms with van der Waals surface area (Å²) >= 11 is 3.53. The second-order valence-electron chi connectivity index (χ2n) is 9.16. The molecule has 2 heterocycles. The maximum Gasteiger partial charge on any atom is 0.143 e. The van der Waals surface area contributed by atoms with E-state index in [0.29, 0.717) is 0 Å². The van der Waals surface area contributed by atoms with Gasteiger partial charge >= 0.3 is 0 Å².